The van der Waals surface area contributed by atoms with Gasteiger partial charge in [-0.2, -0.15) is 0 Å². The molecule has 0 spiro atoms. The molecule has 3 rings (SSSR count). The van der Waals surface area contributed by atoms with Gasteiger partial charge in [-0.1, -0.05) is 12.8 Å². The van der Waals surface area contributed by atoms with Gasteiger partial charge in [-0.25, -0.2) is 8.42 Å². The molecule has 0 radical (unpaired) electrons. The van der Waals surface area contributed by atoms with E-state index < -0.39 is 9.84 Å². The molecule has 5 atom stereocenters. The highest BCUT2D eigenvalue weighted by atomic mass is 32.2. The second kappa shape index (κ2) is 5.90. The summed E-state index contributed by atoms with van der Waals surface area (Å²) in [4.78, 5) is 12.2. The summed E-state index contributed by atoms with van der Waals surface area (Å²) in [6.45, 7) is 0. The van der Waals surface area contributed by atoms with Crippen LogP contribution in [0, 0.1) is 17.8 Å². The average Bonchev–Trinajstić information content (AvgIpc) is 3.00. The van der Waals surface area contributed by atoms with Gasteiger partial charge >= 0.3 is 0 Å². The summed E-state index contributed by atoms with van der Waals surface area (Å²) in [7, 11) is -2.98. The van der Waals surface area contributed by atoms with Crippen LogP contribution in [0.15, 0.2) is 0 Å². The largest absolute Gasteiger partial charge is 0.353 e. The molecule has 0 aliphatic heterocycles. The maximum absolute atomic E-state index is 12.2. The second-order valence-corrected chi connectivity index (χ2v) is 9.85. The molecule has 0 saturated heterocycles. The first kappa shape index (κ1) is 15.3. The predicted molar refractivity (Wildman–Crippen MR) is 82.6 cm³/mol. The zero-order valence-electron chi connectivity index (χ0n) is 12.9. The molecule has 3 fully saturated rings. The Kier molecular flexibility index (Phi) is 4.30. The lowest BCUT2D eigenvalue weighted by Crippen LogP contribution is -2.42. The Morgan fingerprint density at radius 3 is 2.52 bits per heavy atom. The summed E-state index contributed by atoms with van der Waals surface area (Å²) in [5.74, 6) is 2.37. The van der Waals surface area contributed by atoms with Crippen LogP contribution in [-0.2, 0) is 14.6 Å². The second-order valence-electron chi connectivity index (χ2n) is 7.52. The number of rotatable bonds is 4. The first-order valence-electron chi connectivity index (χ1n) is 8.40. The van der Waals surface area contributed by atoms with Crippen LogP contribution in [0.25, 0.3) is 0 Å². The lowest BCUT2D eigenvalue weighted by Gasteiger charge is -2.29. The van der Waals surface area contributed by atoms with E-state index in [0.29, 0.717) is 18.8 Å². The molecule has 0 aromatic heterocycles. The highest BCUT2D eigenvalue weighted by molar-refractivity contribution is 7.91. The maximum atomic E-state index is 12.2. The van der Waals surface area contributed by atoms with Crippen molar-refractivity contribution in [1.82, 2.24) is 5.32 Å². The Hall–Kier alpha value is -0.580. The third kappa shape index (κ3) is 3.61. The quantitative estimate of drug-likeness (QED) is 0.866. The fraction of sp³-hybridized carbons (Fsp3) is 0.938. The van der Waals surface area contributed by atoms with Crippen LogP contribution in [0.5, 0.6) is 0 Å². The van der Waals surface area contributed by atoms with Gasteiger partial charge in [0.15, 0.2) is 0 Å². The molecular weight excluding hydrogens is 286 g/mol. The summed E-state index contributed by atoms with van der Waals surface area (Å²) < 4.78 is 23.3. The zero-order chi connectivity index (χ0) is 15.0. The summed E-state index contributed by atoms with van der Waals surface area (Å²) in [5, 5.41) is 2.84. The van der Waals surface area contributed by atoms with Gasteiger partial charge in [0.25, 0.3) is 0 Å². The normalized spacial score (nSPS) is 39.4. The minimum Gasteiger partial charge on any atom is -0.353 e. The van der Waals surface area contributed by atoms with Crippen LogP contribution in [0.2, 0.25) is 0 Å². The van der Waals surface area contributed by atoms with Gasteiger partial charge in [0.2, 0.25) is 5.91 Å². The molecule has 0 aromatic rings. The van der Waals surface area contributed by atoms with E-state index in [4.69, 9.17) is 0 Å². The highest BCUT2D eigenvalue weighted by Crippen LogP contribution is 2.49. The molecule has 0 aromatic carbocycles. The van der Waals surface area contributed by atoms with E-state index in [-0.39, 0.29) is 17.2 Å². The van der Waals surface area contributed by atoms with Crippen LogP contribution in [0.4, 0.5) is 0 Å². The number of carbonyl (C=O) groups excluding carboxylic acids is 1. The number of hydrogen-bond donors (Lipinski definition) is 1. The monoisotopic (exact) mass is 313 g/mol. The van der Waals surface area contributed by atoms with Gasteiger partial charge < -0.3 is 5.32 Å². The fourth-order valence-corrected chi connectivity index (χ4v) is 5.99. The average molecular weight is 313 g/mol. The van der Waals surface area contributed by atoms with Crippen molar-refractivity contribution in [2.24, 2.45) is 17.8 Å². The molecule has 120 valence electrons. The van der Waals surface area contributed by atoms with Crippen molar-refractivity contribution in [1.29, 1.82) is 0 Å². The van der Waals surface area contributed by atoms with Crippen LogP contribution < -0.4 is 5.32 Å². The van der Waals surface area contributed by atoms with E-state index in [0.717, 1.165) is 31.1 Å². The van der Waals surface area contributed by atoms with Crippen molar-refractivity contribution in [2.45, 2.75) is 69.1 Å². The Morgan fingerprint density at radius 1 is 1.10 bits per heavy atom. The number of hydrogen-bond acceptors (Lipinski definition) is 3. The van der Waals surface area contributed by atoms with Gasteiger partial charge in [-0.15, -0.1) is 0 Å². The van der Waals surface area contributed by atoms with Gasteiger partial charge in [0.05, 0.1) is 5.25 Å². The van der Waals surface area contributed by atoms with E-state index >= 15 is 0 Å². The summed E-state index contributed by atoms with van der Waals surface area (Å²) in [5.41, 5.74) is 0. The van der Waals surface area contributed by atoms with Crippen molar-refractivity contribution in [3.05, 3.63) is 0 Å². The zero-order valence-corrected chi connectivity index (χ0v) is 13.7. The molecule has 1 amide bonds. The molecule has 0 unspecified atom stereocenters. The highest BCUT2D eigenvalue weighted by Gasteiger charge is 2.40. The molecule has 5 heteroatoms. The smallest absolute Gasteiger partial charge is 0.220 e. The van der Waals surface area contributed by atoms with E-state index in [1.165, 1.54) is 31.9 Å². The SMILES string of the molecule is CS(=O)(=O)[C@@H]1CCC[C@H](NC(=O)C[C@H]2C[C@H]3CC[C@H]2C3)C1. The van der Waals surface area contributed by atoms with E-state index in [1.807, 2.05) is 0 Å². The molecule has 3 aliphatic rings. The van der Waals surface area contributed by atoms with Gasteiger partial charge in [-0.3, -0.25) is 4.79 Å². The summed E-state index contributed by atoms with van der Waals surface area (Å²) >= 11 is 0. The van der Waals surface area contributed by atoms with Crippen molar-refractivity contribution >= 4 is 15.7 Å². The van der Waals surface area contributed by atoms with Crippen molar-refractivity contribution < 1.29 is 13.2 Å². The fourth-order valence-electron chi connectivity index (χ4n) is 4.82. The Bertz CT molecular complexity index is 502. The van der Waals surface area contributed by atoms with Crippen molar-refractivity contribution in [3.63, 3.8) is 0 Å². The molecule has 4 nitrogen and oxygen atoms in total. The molecule has 3 saturated carbocycles. The van der Waals surface area contributed by atoms with Gasteiger partial charge in [0, 0.05) is 18.7 Å². The van der Waals surface area contributed by atoms with Gasteiger partial charge in [0.1, 0.15) is 9.84 Å². The predicted octanol–water partition coefficient (Wildman–Crippen LogP) is 2.28. The van der Waals surface area contributed by atoms with E-state index in [9.17, 15) is 13.2 Å². The summed E-state index contributed by atoms with van der Waals surface area (Å²) in [6.07, 6.45) is 10.4. The minimum absolute atomic E-state index is 0.0598. The first-order chi connectivity index (χ1) is 9.91. The van der Waals surface area contributed by atoms with Crippen molar-refractivity contribution in [2.75, 3.05) is 6.26 Å². The lowest BCUT2D eigenvalue weighted by atomic mass is 9.86. The standard InChI is InChI=1S/C16H27NO3S/c1-21(19,20)15-4-2-3-14(10-15)17-16(18)9-13-8-11-5-6-12(13)7-11/h11-15H,2-10H2,1H3,(H,17,18)/t11-,12-,13+,14-,15+/m0/s1. The third-order valence-corrected chi connectivity index (χ3v) is 7.57. The number of carbonyl (C=O) groups is 1. The Labute approximate surface area is 128 Å². The number of amides is 1. The molecule has 2 bridgehead atoms. The topological polar surface area (TPSA) is 63.2 Å². The van der Waals surface area contributed by atoms with Gasteiger partial charge in [-0.05, 0) is 56.3 Å². The summed E-state index contributed by atoms with van der Waals surface area (Å²) in [6, 6.07) is 0.0598. The molecule has 0 heterocycles. The molecular formula is C16H27NO3S. The molecule has 1 N–H and O–H groups in total. The van der Waals surface area contributed by atoms with Crippen LogP contribution in [0.1, 0.15) is 57.8 Å². The Morgan fingerprint density at radius 2 is 1.90 bits per heavy atom. The first-order valence-corrected chi connectivity index (χ1v) is 10.4. The molecule has 3 aliphatic carbocycles. The van der Waals surface area contributed by atoms with Crippen LogP contribution in [-0.4, -0.2) is 31.9 Å². The van der Waals surface area contributed by atoms with Crippen molar-refractivity contribution in [3.8, 4) is 0 Å². The molecule has 21 heavy (non-hydrogen) atoms. The Balaban J connectivity index is 1.48. The van der Waals surface area contributed by atoms with Crippen LogP contribution >= 0.6 is 0 Å². The number of sulfone groups is 1. The lowest BCUT2D eigenvalue weighted by molar-refractivity contribution is -0.123. The van der Waals surface area contributed by atoms with E-state index in [2.05, 4.69) is 5.32 Å². The third-order valence-electron chi connectivity index (χ3n) is 5.93. The van der Waals surface area contributed by atoms with E-state index in [1.54, 1.807) is 0 Å². The number of nitrogens with one attached hydrogen (secondary N) is 1. The minimum atomic E-state index is -2.98. The van der Waals surface area contributed by atoms with Crippen LogP contribution in [0.3, 0.4) is 0 Å². The number of fused-ring (bicyclic) bond motifs is 2. The maximum Gasteiger partial charge on any atom is 0.220 e.